The maximum atomic E-state index is 6.13. The molecule has 3 rings (SSSR count). The summed E-state index contributed by atoms with van der Waals surface area (Å²) < 4.78 is 0. The Morgan fingerprint density at radius 2 is 1.95 bits per heavy atom. The van der Waals surface area contributed by atoms with Crippen molar-refractivity contribution in [2.24, 2.45) is 11.1 Å². The third-order valence-electron chi connectivity index (χ3n) is 4.95. The van der Waals surface area contributed by atoms with Gasteiger partial charge in [-0.2, -0.15) is 0 Å². The Bertz CT molecular complexity index is 457. The van der Waals surface area contributed by atoms with Gasteiger partial charge in [0.2, 0.25) is 0 Å². The summed E-state index contributed by atoms with van der Waals surface area (Å²) in [6.07, 6.45) is 10.4. The van der Waals surface area contributed by atoms with Gasteiger partial charge in [-0.25, -0.2) is 9.97 Å². The minimum atomic E-state index is 0.156. The summed E-state index contributed by atoms with van der Waals surface area (Å²) in [4.78, 5) is 9.47. The average molecular weight is 259 g/mol. The summed E-state index contributed by atoms with van der Waals surface area (Å²) in [5.74, 6) is 1.64. The molecule has 1 saturated carbocycles. The first-order valence-electron chi connectivity index (χ1n) is 7.66. The topological polar surface area (TPSA) is 51.8 Å². The van der Waals surface area contributed by atoms with Gasteiger partial charge in [-0.1, -0.05) is 13.8 Å². The van der Waals surface area contributed by atoms with Crippen molar-refractivity contribution in [1.29, 1.82) is 0 Å². The van der Waals surface area contributed by atoms with Crippen LogP contribution < -0.4 is 5.73 Å². The van der Waals surface area contributed by atoms with Gasteiger partial charge in [0.05, 0.1) is 0 Å². The summed E-state index contributed by atoms with van der Waals surface area (Å²) in [5.41, 5.74) is 9.04. The standard InChI is InChI=1S/C16H25N3/c1-16(2)8-6-11(7-9-16)15-18-10-12-13(17)4-3-5-14(12)19-15/h10-11,13H,3-9,17H2,1-2H3. The van der Waals surface area contributed by atoms with E-state index in [2.05, 4.69) is 18.8 Å². The minimum Gasteiger partial charge on any atom is -0.324 e. The molecule has 1 atom stereocenters. The van der Waals surface area contributed by atoms with E-state index in [9.17, 15) is 0 Å². The Morgan fingerprint density at radius 3 is 2.68 bits per heavy atom. The Morgan fingerprint density at radius 1 is 1.21 bits per heavy atom. The van der Waals surface area contributed by atoms with Crippen LogP contribution in [0.3, 0.4) is 0 Å². The maximum absolute atomic E-state index is 6.13. The van der Waals surface area contributed by atoms with E-state index in [0.29, 0.717) is 11.3 Å². The summed E-state index contributed by atoms with van der Waals surface area (Å²) >= 11 is 0. The second kappa shape index (κ2) is 4.86. The van der Waals surface area contributed by atoms with E-state index < -0.39 is 0 Å². The fourth-order valence-electron chi connectivity index (χ4n) is 3.45. The lowest BCUT2D eigenvalue weighted by Crippen LogP contribution is -2.23. The van der Waals surface area contributed by atoms with Gasteiger partial charge in [0, 0.05) is 29.4 Å². The molecule has 1 fully saturated rings. The second-order valence-electron chi connectivity index (χ2n) is 7.07. The van der Waals surface area contributed by atoms with Gasteiger partial charge in [-0.3, -0.25) is 0 Å². The van der Waals surface area contributed by atoms with Crippen molar-refractivity contribution in [1.82, 2.24) is 9.97 Å². The molecule has 2 N–H and O–H groups in total. The lowest BCUT2D eigenvalue weighted by molar-refractivity contribution is 0.220. The highest BCUT2D eigenvalue weighted by molar-refractivity contribution is 5.24. The number of rotatable bonds is 1. The molecule has 1 heterocycles. The first-order valence-corrected chi connectivity index (χ1v) is 7.66. The predicted molar refractivity (Wildman–Crippen MR) is 76.9 cm³/mol. The summed E-state index contributed by atoms with van der Waals surface area (Å²) in [7, 11) is 0. The van der Waals surface area contributed by atoms with E-state index in [1.807, 2.05) is 6.20 Å². The van der Waals surface area contributed by atoms with Crippen LogP contribution in [0.4, 0.5) is 0 Å². The van der Waals surface area contributed by atoms with E-state index in [0.717, 1.165) is 18.7 Å². The van der Waals surface area contributed by atoms with E-state index in [4.69, 9.17) is 10.7 Å². The average Bonchev–Trinajstić information content (AvgIpc) is 2.38. The SMILES string of the molecule is CC1(C)CCC(c2ncc3c(n2)CCCC3N)CC1. The highest BCUT2D eigenvalue weighted by Gasteiger charge is 2.29. The molecule has 0 saturated heterocycles. The van der Waals surface area contributed by atoms with Gasteiger partial charge in [-0.15, -0.1) is 0 Å². The van der Waals surface area contributed by atoms with E-state index in [1.165, 1.54) is 43.4 Å². The van der Waals surface area contributed by atoms with E-state index in [-0.39, 0.29) is 6.04 Å². The van der Waals surface area contributed by atoms with Crippen LogP contribution in [0.5, 0.6) is 0 Å². The van der Waals surface area contributed by atoms with E-state index >= 15 is 0 Å². The number of hydrogen-bond acceptors (Lipinski definition) is 3. The largest absolute Gasteiger partial charge is 0.324 e. The van der Waals surface area contributed by atoms with Crippen molar-refractivity contribution in [3.63, 3.8) is 0 Å². The van der Waals surface area contributed by atoms with Crippen molar-refractivity contribution < 1.29 is 0 Å². The molecule has 0 aliphatic heterocycles. The molecule has 0 radical (unpaired) electrons. The number of aromatic nitrogens is 2. The van der Waals surface area contributed by atoms with Crippen molar-refractivity contribution in [3.05, 3.63) is 23.3 Å². The van der Waals surface area contributed by atoms with Crippen LogP contribution in [-0.2, 0) is 6.42 Å². The third-order valence-corrected chi connectivity index (χ3v) is 4.95. The molecule has 0 amide bonds. The molecule has 2 aliphatic carbocycles. The van der Waals surface area contributed by atoms with Gasteiger partial charge < -0.3 is 5.73 Å². The number of nitrogens with zero attached hydrogens (tertiary/aromatic N) is 2. The van der Waals surface area contributed by atoms with Gasteiger partial charge in [0.25, 0.3) is 0 Å². The molecule has 0 bridgehead atoms. The molecule has 1 aromatic heterocycles. The number of hydrogen-bond donors (Lipinski definition) is 1. The molecule has 1 unspecified atom stereocenters. The van der Waals surface area contributed by atoms with Crippen LogP contribution in [0.1, 0.15) is 81.4 Å². The second-order valence-corrected chi connectivity index (χ2v) is 7.07. The zero-order valence-corrected chi connectivity index (χ0v) is 12.2. The van der Waals surface area contributed by atoms with Crippen LogP contribution in [-0.4, -0.2) is 9.97 Å². The smallest absolute Gasteiger partial charge is 0.131 e. The molecule has 0 spiro atoms. The Labute approximate surface area is 116 Å². The lowest BCUT2D eigenvalue weighted by Gasteiger charge is -2.34. The Hall–Kier alpha value is -0.960. The molecule has 3 nitrogen and oxygen atoms in total. The molecule has 2 aliphatic rings. The quantitative estimate of drug-likeness (QED) is 0.840. The predicted octanol–water partition coefficient (Wildman–Crippen LogP) is 3.50. The number of aryl methyl sites for hydroxylation is 1. The van der Waals surface area contributed by atoms with Gasteiger partial charge in [0.1, 0.15) is 5.82 Å². The summed E-state index contributed by atoms with van der Waals surface area (Å²) in [6.45, 7) is 4.74. The van der Waals surface area contributed by atoms with Gasteiger partial charge in [0.15, 0.2) is 0 Å². The Balaban J connectivity index is 1.79. The fraction of sp³-hybridized carbons (Fsp3) is 0.750. The number of nitrogens with two attached hydrogens (primary N) is 1. The first kappa shape index (κ1) is 13.0. The summed E-state index contributed by atoms with van der Waals surface area (Å²) in [6, 6.07) is 0.156. The molecule has 3 heteroatoms. The van der Waals surface area contributed by atoms with Crippen LogP contribution in [0.15, 0.2) is 6.20 Å². The zero-order chi connectivity index (χ0) is 13.5. The molecule has 1 aromatic rings. The van der Waals surface area contributed by atoms with Crippen LogP contribution in [0, 0.1) is 5.41 Å². The van der Waals surface area contributed by atoms with Crippen LogP contribution in [0.2, 0.25) is 0 Å². The maximum Gasteiger partial charge on any atom is 0.131 e. The molecular weight excluding hydrogens is 234 g/mol. The molecular formula is C16H25N3. The van der Waals surface area contributed by atoms with Crippen molar-refractivity contribution in [2.45, 2.75) is 70.8 Å². The van der Waals surface area contributed by atoms with Crippen LogP contribution >= 0.6 is 0 Å². The number of fused-ring (bicyclic) bond motifs is 1. The van der Waals surface area contributed by atoms with Crippen molar-refractivity contribution in [3.8, 4) is 0 Å². The van der Waals surface area contributed by atoms with Gasteiger partial charge >= 0.3 is 0 Å². The summed E-state index contributed by atoms with van der Waals surface area (Å²) in [5, 5.41) is 0. The third kappa shape index (κ3) is 2.66. The normalized spacial score (nSPS) is 27.0. The van der Waals surface area contributed by atoms with E-state index in [1.54, 1.807) is 0 Å². The van der Waals surface area contributed by atoms with Crippen molar-refractivity contribution in [2.75, 3.05) is 0 Å². The minimum absolute atomic E-state index is 0.156. The first-order chi connectivity index (χ1) is 9.05. The monoisotopic (exact) mass is 259 g/mol. The molecule has 0 aromatic carbocycles. The van der Waals surface area contributed by atoms with Gasteiger partial charge in [-0.05, 0) is 50.4 Å². The highest BCUT2D eigenvalue weighted by atomic mass is 14.9. The lowest BCUT2D eigenvalue weighted by atomic mass is 9.73. The highest BCUT2D eigenvalue weighted by Crippen LogP contribution is 2.41. The van der Waals surface area contributed by atoms with Crippen molar-refractivity contribution >= 4 is 0 Å². The Kier molecular flexibility index (Phi) is 3.34. The molecule has 19 heavy (non-hydrogen) atoms. The molecule has 104 valence electrons. The fourth-order valence-corrected chi connectivity index (χ4v) is 3.45. The van der Waals surface area contributed by atoms with Crippen LogP contribution in [0.25, 0.3) is 0 Å². The zero-order valence-electron chi connectivity index (χ0n) is 12.2.